The summed E-state index contributed by atoms with van der Waals surface area (Å²) in [5.41, 5.74) is 1.82. The van der Waals surface area contributed by atoms with Gasteiger partial charge in [-0.15, -0.1) is 0 Å². The summed E-state index contributed by atoms with van der Waals surface area (Å²) >= 11 is 0. The molecule has 1 unspecified atom stereocenters. The molecule has 1 aromatic carbocycles. The zero-order valence-electron chi connectivity index (χ0n) is 9.47. The molecule has 0 aliphatic rings. The van der Waals surface area contributed by atoms with Crippen LogP contribution in [0.1, 0.15) is 26.3 Å². The number of fused-ring (bicyclic) bond motifs is 1. The smallest absolute Gasteiger partial charge is 0.240 e. The van der Waals surface area contributed by atoms with Crippen LogP contribution in [0.3, 0.4) is 0 Å². The van der Waals surface area contributed by atoms with Crippen molar-refractivity contribution in [3.63, 3.8) is 0 Å². The van der Waals surface area contributed by atoms with Gasteiger partial charge in [-0.05, 0) is 19.4 Å². The van der Waals surface area contributed by atoms with Gasteiger partial charge in [-0.3, -0.25) is 0 Å². The molecule has 1 aromatic heterocycles. The molecule has 82 valence electrons. The Hall–Kier alpha value is -1.86. The Morgan fingerprint density at radius 3 is 2.88 bits per heavy atom. The van der Waals surface area contributed by atoms with E-state index in [-0.39, 0.29) is 0 Å². The number of rotatable bonds is 3. The SMILES string of the molecule is CCC(C)n1cc(N=C=O)c2ccccc21. The molecule has 0 saturated heterocycles. The minimum Gasteiger partial charge on any atom is -0.342 e. The standard InChI is InChI=1S/C13H14N2O/c1-3-10(2)15-8-12(14-9-16)11-6-4-5-7-13(11)15/h4-8,10H,3H2,1-2H3. The van der Waals surface area contributed by atoms with E-state index in [0.717, 1.165) is 17.3 Å². The van der Waals surface area contributed by atoms with Crippen molar-refractivity contribution in [3.8, 4) is 0 Å². The van der Waals surface area contributed by atoms with E-state index in [0.29, 0.717) is 11.7 Å². The minimum absolute atomic E-state index is 0.403. The topological polar surface area (TPSA) is 34.4 Å². The molecule has 0 aliphatic carbocycles. The molecule has 0 saturated carbocycles. The summed E-state index contributed by atoms with van der Waals surface area (Å²) in [6.07, 6.45) is 4.57. The lowest BCUT2D eigenvalue weighted by atomic mass is 10.2. The molecule has 0 spiro atoms. The third-order valence-corrected chi connectivity index (χ3v) is 2.95. The quantitative estimate of drug-likeness (QED) is 0.568. The lowest BCUT2D eigenvalue weighted by Crippen LogP contribution is -2.01. The third kappa shape index (κ3) is 1.66. The van der Waals surface area contributed by atoms with Crippen LogP contribution < -0.4 is 0 Å². The van der Waals surface area contributed by atoms with Gasteiger partial charge in [0.2, 0.25) is 6.08 Å². The highest BCUT2D eigenvalue weighted by Gasteiger charge is 2.10. The summed E-state index contributed by atoms with van der Waals surface area (Å²) in [6, 6.07) is 8.37. The van der Waals surface area contributed by atoms with Gasteiger partial charge in [0.15, 0.2) is 0 Å². The maximum absolute atomic E-state index is 10.4. The fourth-order valence-electron chi connectivity index (χ4n) is 1.89. The highest BCUT2D eigenvalue weighted by Crippen LogP contribution is 2.30. The largest absolute Gasteiger partial charge is 0.342 e. The van der Waals surface area contributed by atoms with E-state index in [2.05, 4.69) is 23.4 Å². The molecule has 16 heavy (non-hydrogen) atoms. The monoisotopic (exact) mass is 214 g/mol. The van der Waals surface area contributed by atoms with Gasteiger partial charge in [-0.25, -0.2) is 4.79 Å². The summed E-state index contributed by atoms with van der Waals surface area (Å²) in [7, 11) is 0. The summed E-state index contributed by atoms with van der Waals surface area (Å²) in [5, 5.41) is 1.01. The van der Waals surface area contributed by atoms with Crippen molar-refractivity contribution in [2.45, 2.75) is 26.3 Å². The highest BCUT2D eigenvalue weighted by molar-refractivity contribution is 5.92. The molecule has 0 aliphatic heterocycles. The van der Waals surface area contributed by atoms with Gasteiger partial charge in [0, 0.05) is 17.6 Å². The summed E-state index contributed by atoms with van der Waals surface area (Å²) < 4.78 is 2.16. The lowest BCUT2D eigenvalue weighted by molar-refractivity contribution is 0.548. The van der Waals surface area contributed by atoms with Crippen molar-refractivity contribution in [2.24, 2.45) is 4.99 Å². The van der Waals surface area contributed by atoms with E-state index in [9.17, 15) is 4.79 Å². The molecule has 1 heterocycles. The number of hydrogen-bond donors (Lipinski definition) is 0. The predicted molar refractivity (Wildman–Crippen MR) is 64.7 cm³/mol. The van der Waals surface area contributed by atoms with Gasteiger partial charge in [0.1, 0.15) is 5.69 Å². The Labute approximate surface area is 94.4 Å². The van der Waals surface area contributed by atoms with Gasteiger partial charge in [-0.2, -0.15) is 4.99 Å². The van der Waals surface area contributed by atoms with Crippen molar-refractivity contribution < 1.29 is 4.79 Å². The fourth-order valence-corrected chi connectivity index (χ4v) is 1.89. The Morgan fingerprint density at radius 2 is 2.19 bits per heavy atom. The van der Waals surface area contributed by atoms with Crippen LogP contribution in [0.4, 0.5) is 5.69 Å². The summed E-state index contributed by atoms with van der Waals surface area (Å²) in [4.78, 5) is 14.1. The van der Waals surface area contributed by atoms with Crippen molar-refractivity contribution in [1.29, 1.82) is 0 Å². The fraction of sp³-hybridized carbons (Fsp3) is 0.308. The minimum atomic E-state index is 0.403. The molecule has 3 heteroatoms. The average Bonchev–Trinajstić information content (AvgIpc) is 2.68. The van der Waals surface area contributed by atoms with Gasteiger partial charge >= 0.3 is 0 Å². The molecule has 0 amide bonds. The molecule has 0 fully saturated rings. The van der Waals surface area contributed by atoms with Crippen molar-refractivity contribution in [3.05, 3.63) is 30.5 Å². The van der Waals surface area contributed by atoms with Gasteiger partial charge in [0.25, 0.3) is 0 Å². The van der Waals surface area contributed by atoms with Crippen LogP contribution >= 0.6 is 0 Å². The number of carbonyl (C=O) groups excluding carboxylic acids is 1. The molecule has 0 radical (unpaired) electrons. The number of nitrogens with zero attached hydrogens (tertiary/aromatic N) is 2. The first-order valence-corrected chi connectivity index (χ1v) is 5.45. The second-order valence-corrected chi connectivity index (χ2v) is 3.90. The number of para-hydroxylation sites is 1. The first kappa shape index (κ1) is 10.7. The van der Waals surface area contributed by atoms with Gasteiger partial charge in [0.05, 0.1) is 5.52 Å². The third-order valence-electron chi connectivity index (χ3n) is 2.95. The van der Waals surface area contributed by atoms with Crippen molar-refractivity contribution in [1.82, 2.24) is 4.57 Å². The molecule has 0 bridgehead atoms. The summed E-state index contributed by atoms with van der Waals surface area (Å²) in [5.74, 6) is 0. The maximum atomic E-state index is 10.4. The molecular weight excluding hydrogens is 200 g/mol. The van der Waals surface area contributed by atoms with Crippen LogP contribution in [0, 0.1) is 0 Å². The Kier molecular flexibility index (Phi) is 2.88. The van der Waals surface area contributed by atoms with Crippen molar-refractivity contribution >= 4 is 22.7 Å². The zero-order valence-corrected chi connectivity index (χ0v) is 9.47. The molecule has 2 aromatic rings. The van der Waals surface area contributed by atoms with E-state index < -0.39 is 0 Å². The van der Waals surface area contributed by atoms with E-state index in [1.807, 2.05) is 30.5 Å². The van der Waals surface area contributed by atoms with Crippen molar-refractivity contribution in [2.75, 3.05) is 0 Å². The van der Waals surface area contributed by atoms with Crippen LogP contribution in [0.5, 0.6) is 0 Å². The van der Waals surface area contributed by atoms with E-state index >= 15 is 0 Å². The van der Waals surface area contributed by atoms with Crippen LogP contribution in [0.15, 0.2) is 35.5 Å². The molecular formula is C13H14N2O. The van der Waals surface area contributed by atoms with E-state index in [1.165, 1.54) is 0 Å². The normalized spacial score (nSPS) is 12.4. The second-order valence-electron chi connectivity index (χ2n) is 3.90. The molecule has 3 nitrogen and oxygen atoms in total. The van der Waals surface area contributed by atoms with Crippen LogP contribution in [-0.2, 0) is 4.79 Å². The maximum Gasteiger partial charge on any atom is 0.240 e. The van der Waals surface area contributed by atoms with Crippen LogP contribution in [-0.4, -0.2) is 10.6 Å². The number of aromatic nitrogens is 1. The van der Waals surface area contributed by atoms with Gasteiger partial charge < -0.3 is 4.57 Å². The zero-order chi connectivity index (χ0) is 11.5. The Bertz CT molecular complexity index is 550. The Morgan fingerprint density at radius 1 is 1.44 bits per heavy atom. The van der Waals surface area contributed by atoms with E-state index in [1.54, 1.807) is 6.08 Å². The predicted octanol–water partition coefficient (Wildman–Crippen LogP) is 3.58. The number of isocyanates is 1. The number of benzene rings is 1. The highest BCUT2D eigenvalue weighted by atomic mass is 16.1. The van der Waals surface area contributed by atoms with E-state index in [4.69, 9.17) is 0 Å². The lowest BCUT2D eigenvalue weighted by Gasteiger charge is -2.11. The number of aliphatic imine (C=N–C) groups is 1. The van der Waals surface area contributed by atoms with Crippen LogP contribution in [0.25, 0.3) is 10.9 Å². The molecule has 1 atom stereocenters. The summed E-state index contributed by atoms with van der Waals surface area (Å²) in [6.45, 7) is 4.29. The first-order chi connectivity index (χ1) is 7.77. The second kappa shape index (κ2) is 4.33. The first-order valence-electron chi connectivity index (χ1n) is 5.45. The average molecular weight is 214 g/mol. The van der Waals surface area contributed by atoms with Gasteiger partial charge in [-0.1, -0.05) is 25.1 Å². The number of hydrogen-bond acceptors (Lipinski definition) is 2. The molecule has 2 rings (SSSR count). The van der Waals surface area contributed by atoms with Crippen LogP contribution in [0.2, 0.25) is 0 Å². The molecule has 0 N–H and O–H groups in total. The Balaban J connectivity index is 2.71.